The Morgan fingerprint density at radius 2 is 2.12 bits per heavy atom. The van der Waals surface area contributed by atoms with Gasteiger partial charge in [-0.15, -0.1) is 10.2 Å². The molecule has 1 aromatic carbocycles. The maximum atomic E-state index is 6.16. The third kappa shape index (κ3) is 3.29. The van der Waals surface area contributed by atoms with Gasteiger partial charge in [0.1, 0.15) is 10.8 Å². The summed E-state index contributed by atoms with van der Waals surface area (Å²) >= 11 is 9.84. The molecule has 0 unspecified atom stereocenters. The fourth-order valence-electron chi connectivity index (χ4n) is 1.31. The van der Waals surface area contributed by atoms with E-state index < -0.39 is 0 Å². The third-order valence-corrected chi connectivity index (χ3v) is 3.87. The van der Waals surface area contributed by atoms with E-state index in [9.17, 15) is 0 Å². The first-order valence-electron chi connectivity index (χ1n) is 5.02. The molecule has 0 atom stereocenters. The molecule has 0 amide bonds. The maximum Gasteiger partial charge on any atom is 0.178 e. The summed E-state index contributed by atoms with van der Waals surface area (Å²) in [4.78, 5) is 0. The molecule has 1 heterocycles. The Morgan fingerprint density at radius 1 is 1.35 bits per heavy atom. The van der Waals surface area contributed by atoms with Crippen LogP contribution in [0.25, 0.3) is 10.6 Å². The van der Waals surface area contributed by atoms with Gasteiger partial charge in [0, 0.05) is 5.56 Å². The van der Waals surface area contributed by atoms with E-state index in [0.717, 1.165) is 13.6 Å². The van der Waals surface area contributed by atoms with Gasteiger partial charge in [-0.1, -0.05) is 22.9 Å². The van der Waals surface area contributed by atoms with Crippen molar-refractivity contribution in [3.63, 3.8) is 0 Å². The normalized spacial score (nSPS) is 10.9. The first kappa shape index (κ1) is 13.0. The minimum absolute atomic E-state index is 0.112. The van der Waals surface area contributed by atoms with Crippen LogP contribution in [0.15, 0.2) is 18.2 Å². The van der Waals surface area contributed by atoms with Gasteiger partial charge in [0.2, 0.25) is 0 Å². The van der Waals surface area contributed by atoms with Gasteiger partial charge in [-0.05, 0) is 54.6 Å². The van der Waals surface area contributed by atoms with Crippen LogP contribution in [0.2, 0.25) is 5.02 Å². The van der Waals surface area contributed by atoms with E-state index in [1.54, 1.807) is 0 Å². The lowest BCUT2D eigenvalue weighted by Crippen LogP contribution is -2.05. The molecule has 0 N–H and O–H groups in total. The predicted molar refractivity (Wildman–Crippen MR) is 78.8 cm³/mol. The molecule has 0 spiro atoms. The first-order valence-corrected chi connectivity index (χ1v) is 7.29. The number of benzene rings is 1. The van der Waals surface area contributed by atoms with Crippen molar-refractivity contribution in [3.8, 4) is 16.3 Å². The molecule has 0 saturated carbocycles. The quantitative estimate of drug-likeness (QED) is 0.747. The number of hydrogen-bond donors (Lipinski definition) is 0. The average Bonchev–Trinajstić information content (AvgIpc) is 2.67. The zero-order valence-corrected chi connectivity index (χ0v) is 13.0. The number of nitrogens with zero attached hydrogens (tertiary/aromatic N) is 2. The Labute approximate surface area is 122 Å². The van der Waals surface area contributed by atoms with Crippen LogP contribution in [-0.4, -0.2) is 16.3 Å². The molecule has 0 radical (unpaired) electrons. The van der Waals surface area contributed by atoms with Gasteiger partial charge in [0.15, 0.2) is 3.01 Å². The van der Waals surface area contributed by atoms with Crippen molar-refractivity contribution in [2.75, 3.05) is 0 Å². The van der Waals surface area contributed by atoms with Crippen molar-refractivity contribution in [1.82, 2.24) is 10.2 Å². The second kappa shape index (κ2) is 5.49. The maximum absolute atomic E-state index is 6.16. The molecule has 0 aliphatic heterocycles. The Balaban J connectivity index is 2.30. The van der Waals surface area contributed by atoms with Crippen molar-refractivity contribution < 1.29 is 4.74 Å². The Kier molecular flexibility index (Phi) is 4.22. The lowest BCUT2D eigenvalue weighted by Gasteiger charge is -2.11. The first-order chi connectivity index (χ1) is 8.06. The summed E-state index contributed by atoms with van der Waals surface area (Å²) in [6, 6.07) is 5.67. The molecule has 0 fully saturated rings. The number of hydrogen-bond acceptors (Lipinski definition) is 4. The van der Waals surface area contributed by atoms with Crippen LogP contribution < -0.4 is 4.74 Å². The molecule has 2 aromatic rings. The second-order valence-corrected chi connectivity index (χ2v) is 6.81. The van der Waals surface area contributed by atoms with Gasteiger partial charge in [0.25, 0.3) is 0 Å². The molecule has 6 heteroatoms. The Morgan fingerprint density at radius 3 is 2.65 bits per heavy atom. The zero-order valence-electron chi connectivity index (χ0n) is 9.28. The van der Waals surface area contributed by atoms with Gasteiger partial charge in [-0.25, -0.2) is 0 Å². The summed E-state index contributed by atoms with van der Waals surface area (Å²) in [6.45, 7) is 3.94. The molecule has 0 bridgehead atoms. The predicted octanol–water partition coefficient (Wildman–Crippen LogP) is 4.25. The summed E-state index contributed by atoms with van der Waals surface area (Å²) in [5.41, 5.74) is 0.964. The van der Waals surface area contributed by atoms with Crippen LogP contribution in [0.1, 0.15) is 13.8 Å². The summed E-state index contributed by atoms with van der Waals surface area (Å²) in [7, 11) is 0. The zero-order chi connectivity index (χ0) is 12.4. The van der Waals surface area contributed by atoms with Crippen molar-refractivity contribution in [2.24, 2.45) is 0 Å². The van der Waals surface area contributed by atoms with Crippen molar-refractivity contribution in [1.29, 1.82) is 0 Å². The summed E-state index contributed by atoms with van der Waals surface area (Å²) in [5.74, 6) is 0.699. The second-order valence-electron chi connectivity index (χ2n) is 3.67. The molecule has 17 heavy (non-hydrogen) atoms. The van der Waals surface area contributed by atoms with E-state index in [1.165, 1.54) is 11.3 Å². The van der Waals surface area contributed by atoms with E-state index in [-0.39, 0.29) is 6.10 Å². The van der Waals surface area contributed by atoms with Crippen LogP contribution in [-0.2, 0) is 0 Å². The van der Waals surface area contributed by atoms with E-state index >= 15 is 0 Å². The van der Waals surface area contributed by atoms with Gasteiger partial charge in [-0.3, -0.25) is 0 Å². The lowest BCUT2D eigenvalue weighted by atomic mass is 10.2. The van der Waals surface area contributed by atoms with Crippen molar-refractivity contribution >= 4 is 45.5 Å². The average molecular weight is 381 g/mol. The highest BCUT2D eigenvalue weighted by atomic mass is 127. The molecule has 0 aliphatic carbocycles. The van der Waals surface area contributed by atoms with E-state index in [1.807, 2.05) is 32.0 Å². The van der Waals surface area contributed by atoms with Gasteiger partial charge in [-0.2, -0.15) is 0 Å². The van der Waals surface area contributed by atoms with Crippen LogP contribution in [0.3, 0.4) is 0 Å². The highest BCUT2D eigenvalue weighted by molar-refractivity contribution is 14.1. The van der Waals surface area contributed by atoms with Crippen LogP contribution in [0.4, 0.5) is 0 Å². The number of aromatic nitrogens is 2. The lowest BCUT2D eigenvalue weighted by molar-refractivity contribution is 0.242. The topological polar surface area (TPSA) is 35.0 Å². The SMILES string of the molecule is CC(C)Oc1ccc(-c2nnc(I)s2)cc1Cl. The van der Waals surface area contributed by atoms with E-state index in [0.29, 0.717) is 10.8 Å². The van der Waals surface area contributed by atoms with Crippen molar-refractivity contribution in [3.05, 3.63) is 26.2 Å². The standard InChI is InChI=1S/C11H10ClIN2OS/c1-6(2)16-9-4-3-7(5-8(9)12)10-14-15-11(13)17-10/h3-6H,1-2H3. The highest BCUT2D eigenvalue weighted by Crippen LogP contribution is 2.32. The summed E-state index contributed by atoms with van der Waals surface area (Å²) < 4.78 is 6.49. The molecule has 90 valence electrons. The van der Waals surface area contributed by atoms with Crippen molar-refractivity contribution in [2.45, 2.75) is 20.0 Å². The number of ether oxygens (including phenoxy) is 1. The molecule has 1 aromatic heterocycles. The summed E-state index contributed by atoms with van der Waals surface area (Å²) in [6.07, 6.45) is 0.112. The number of halogens is 2. The molecule has 2 rings (SSSR count). The molecular weight excluding hydrogens is 371 g/mol. The Bertz CT molecular complexity index is 530. The highest BCUT2D eigenvalue weighted by Gasteiger charge is 2.09. The van der Waals surface area contributed by atoms with E-state index in [4.69, 9.17) is 16.3 Å². The van der Waals surface area contributed by atoms with Gasteiger partial charge in [0.05, 0.1) is 11.1 Å². The van der Waals surface area contributed by atoms with Crippen LogP contribution in [0.5, 0.6) is 5.75 Å². The minimum Gasteiger partial charge on any atom is -0.489 e. The summed E-state index contributed by atoms with van der Waals surface area (Å²) in [5, 5.41) is 9.52. The van der Waals surface area contributed by atoms with Gasteiger partial charge >= 0.3 is 0 Å². The fourth-order valence-corrected chi connectivity index (χ4v) is 2.83. The smallest absolute Gasteiger partial charge is 0.178 e. The van der Waals surface area contributed by atoms with Crippen LogP contribution >= 0.6 is 45.5 Å². The number of rotatable bonds is 3. The van der Waals surface area contributed by atoms with Gasteiger partial charge < -0.3 is 4.74 Å². The molecule has 3 nitrogen and oxygen atoms in total. The largest absolute Gasteiger partial charge is 0.489 e. The molecule has 0 aliphatic rings. The van der Waals surface area contributed by atoms with E-state index in [2.05, 4.69) is 32.8 Å². The monoisotopic (exact) mass is 380 g/mol. The minimum atomic E-state index is 0.112. The fraction of sp³-hybridized carbons (Fsp3) is 0.273. The Hall–Kier alpha value is -0.400. The van der Waals surface area contributed by atoms with Crippen LogP contribution in [0, 0.1) is 3.01 Å². The third-order valence-electron chi connectivity index (χ3n) is 1.94. The molecular formula is C11H10ClIN2OS. The molecule has 0 saturated heterocycles.